The van der Waals surface area contributed by atoms with E-state index in [9.17, 15) is 4.79 Å². The van der Waals surface area contributed by atoms with Crippen molar-refractivity contribution in [2.75, 3.05) is 12.4 Å². The Morgan fingerprint density at radius 1 is 1.06 bits per heavy atom. The van der Waals surface area contributed by atoms with Crippen molar-refractivity contribution in [3.63, 3.8) is 0 Å². The van der Waals surface area contributed by atoms with Crippen LogP contribution >= 0.6 is 11.8 Å². The van der Waals surface area contributed by atoms with Crippen LogP contribution in [0.5, 0.6) is 5.75 Å². The Morgan fingerprint density at radius 2 is 1.85 bits per heavy atom. The molecule has 4 rings (SSSR count). The molecule has 1 amide bonds. The number of aromatic nitrogens is 4. The quantitative estimate of drug-likeness (QED) is 0.221. The molecule has 4 aromatic rings. The van der Waals surface area contributed by atoms with Gasteiger partial charge in [0, 0.05) is 23.6 Å². The topological polar surface area (TPSA) is 94.3 Å². The number of amides is 1. The SMILES string of the molecule is CCOc1ccc(-n2c(SCC(=O)N/N=C(/C)c3ccccc3)nnc2-c2cccnc2)cc1. The largest absolute Gasteiger partial charge is 0.494 e. The average Bonchev–Trinajstić information content (AvgIpc) is 3.31. The number of nitrogens with zero attached hydrogens (tertiary/aromatic N) is 5. The van der Waals surface area contributed by atoms with Gasteiger partial charge in [0.25, 0.3) is 5.91 Å². The lowest BCUT2D eigenvalue weighted by Gasteiger charge is -2.11. The standard InChI is InChI=1S/C25H24N6O2S/c1-3-33-22-13-11-21(12-14-22)31-24(20-10-7-15-26-16-20)29-30-25(31)34-17-23(32)28-27-18(2)19-8-5-4-6-9-19/h4-16H,3,17H2,1-2H3,(H,28,32)/b27-18-. The average molecular weight is 473 g/mol. The van der Waals surface area contributed by atoms with Gasteiger partial charge in [-0.15, -0.1) is 10.2 Å². The maximum atomic E-state index is 12.5. The summed E-state index contributed by atoms with van der Waals surface area (Å²) in [6.07, 6.45) is 3.44. The van der Waals surface area contributed by atoms with Crippen molar-refractivity contribution in [1.29, 1.82) is 0 Å². The van der Waals surface area contributed by atoms with Crippen LogP contribution in [0.15, 0.2) is 89.4 Å². The number of carbonyl (C=O) groups excluding carboxylic acids is 1. The Labute approximate surface area is 202 Å². The van der Waals surface area contributed by atoms with Gasteiger partial charge < -0.3 is 4.74 Å². The van der Waals surface area contributed by atoms with Gasteiger partial charge in [-0.2, -0.15) is 5.10 Å². The van der Waals surface area contributed by atoms with Crippen LogP contribution in [0.4, 0.5) is 0 Å². The number of nitrogens with one attached hydrogen (secondary N) is 1. The first-order chi connectivity index (χ1) is 16.7. The van der Waals surface area contributed by atoms with Crippen molar-refractivity contribution in [1.82, 2.24) is 25.2 Å². The Balaban J connectivity index is 1.53. The van der Waals surface area contributed by atoms with Crippen LogP contribution in [0, 0.1) is 0 Å². The second kappa shape index (κ2) is 11.2. The Bertz CT molecular complexity index is 1260. The summed E-state index contributed by atoms with van der Waals surface area (Å²) in [4.78, 5) is 16.7. The number of rotatable bonds is 9. The molecule has 0 bridgehead atoms. The lowest BCUT2D eigenvalue weighted by Crippen LogP contribution is -2.21. The van der Waals surface area contributed by atoms with Gasteiger partial charge in [-0.05, 0) is 55.8 Å². The minimum absolute atomic E-state index is 0.133. The van der Waals surface area contributed by atoms with Crippen LogP contribution in [0.3, 0.4) is 0 Å². The maximum Gasteiger partial charge on any atom is 0.250 e. The summed E-state index contributed by atoms with van der Waals surface area (Å²) >= 11 is 1.28. The fourth-order valence-corrected chi connectivity index (χ4v) is 3.93. The molecule has 8 nitrogen and oxygen atoms in total. The van der Waals surface area contributed by atoms with E-state index >= 15 is 0 Å². The third-order valence-electron chi connectivity index (χ3n) is 4.83. The minimum atomic E-state index is -0.232. The Kier molecular flexibility index (Phi) is 7.67. The normalized spacial score (nSPS) is 11.3. The van der Waals surface area contributed by atoms with E-state index in [-0.39, 0.29) is 11.7 Å². The summed E-state index contributed by atoms with van der Waals surface area (Å²) in [6, 6.07) is 21.1. The Hall–Kier alpha value is -3.98. The molecule has 172 valence electrons. The molecule has 0 saturated carbocycles. The van der Waals surface area contributed by atoms with Gasteiger partial charge in [-0.3, -0.25) is 14.3 Å². The summed E-state index contributed by atoms with van der Waals surface area (Å²) in [5.74, 6) is 1.32. The molecule has 0 aliphatic carbocycles. The first kappa shape index (κ1) is 23.2. The second-order valence-corrected chi connectivity index (χ2v) is 8.14. The number of hydrogen-bond acceptors (Lipinski definition) is 7. The van der Waals surface area contributed by atoms with E-state index in [1.807, 2.05) is 85.1 Å². The van der Waals surface area contributed by atoms with Crippen LogP contribution in [0.1, 0.15) is 19.4 Å². The van der Waals surface area contributed by atoms with Crippen molar-refractivity contribution in [3.05, 3.63) is 84.7 Å². The summed E-state index contributed by atoms with van der Waals surface area (Å²) in [6.45, 7) is 4.39. The first-order valence-electron chi connectivity index (χ1n) is 10.8. The van der Waals surface area contributed by atoms with Crippen LogP contribution < -0.4 is 10.2 Å². The fraction of sp³-hybridized carbons (Fsp3) is 0.160. The number of thioether (sulfide) groups is 1. The molecule has 34 heavy (non-hydrogen) atoms. The molecule has 0 fully saturated rings. The first-order valence-corrected chi connectivity index (χ1v) is 11.7. The molecule has 0 aliphatic rings. The lowest BCUT2D eigenvalue weighted by atomic mass is 10.1. The number of benzene rings is 2. The lowest BCUT2D eigenvalue weighted by molar-refractivity contribution is -0.118. The molecule has 0 radical (unpaired) electrons. The predicted octanol–water partition coefficient (Wildman–Crippen LogP) is 4.36. The van der Waals surface area contributed by atoms with E-state index < -0.39 is 0 Å². The van der Waals surface area contributed by atoms with Crippen LogP contribution in [-0.4, -0.2) is 43.7 Å². The Morgan fingerprint density at radius 3 is 2.56 bits per heavy atom. The molecular weight excluding hydrogens is 448 g/mol. The molecule has 0 aliphatic heterocycles. The number of hydrogen-bond donors (Lipinski definition) is 1. The van der Waals surface area contributed by atoms with E-state index in [1.54, 1.807) is 12.4 Å². The van der Waals surface area contributed by atoms with Gasteiger partial charge in [-0.25, -0.2) is 5.43 Å². The summed E-state index contributed by atoms with van der Waals surface area (Å²) in [5.41, 5.74) is 5.97. The van der Waals surface area contributed by atoms with Gasteiger partial charge in [0.15, 0.2) is 11.0 Å². The van der Waals surface area contributed by atoms with E-state index in [4.69, 9.17) is 4.74 Å². The summed E-state index contributed by atoms with van der Waals surface area (Å²) in [7, 11) is 0. The zero-order chi connectivity index (χ0) is 23.8. The third-order valence-corrected chi connectivity index (χ3v) is 5.76. The van der Waals surface area contributed by atoms with Crippen molar-refractivity contribution in [2.45, 2.75) is 19.0 Å². The van der Waals surface area contributed by atoms with Crippen molar-refractivity contribution in [3.8, 4) is 22.8 Å². The van der Waals surface area contributed by atoms with E-state index in [0.29, 0.717) is 17.6 Å². The number of carbonyl (C=O) groups is 1. The van der Waals surface area contributed by atoms with Crippen molar-refractivity contribution < 1.29 is 9.53 Å². The molecule has 0 atom stereocenters. The molecule has 2 heterocycles. The van der Waals surface area contributed by atoms with Crippen LogP contribution in [0.2, 0.25) is 0 Å². The van der Waals surface area contributed by atoms with Crippen molar-refractivity contribution >= 4 is 23.4 Å². The zero-order valence-corrected chi connectivity index (χ0v) is 19.7. The molecule has 2 aromatic carbocycles. The van der Waals surface area contributed by atoms with E-state index in [2.05, 4.69) is 25.7 Å². The van der Waals surface area contributed by atoms with E-state index in [0.717, 1.165) is 28.3 Å². The molecule has 0 saturated heterocycles. The molecule has 1 N–H and O–H groups in total. The minimum Gasteiger partial charge on any atom is -0.494 e. The zero-order valence-electron chi connectivity index (χ0n) is 18.9. The number of hydrazone groups is 1. The molecular formula is C25H24N6O2S. The molecule has 0 unspecified atom stereocenters. The van der Waals surface area contributed by atoms with Gasteiger partial charge in [0.05, 0.1) is 18.1 Å². The van der Waals surface area contributed by atoms with Gasteiger partial charge in [0.1, 0.15) is 5.75 Å². The molecule has 0 spiro atoms. The number of ether oxygens (including phenoxy) is 1. The van der Waals surface area contributed by atoms with Gasteiger partial charge in [-0.1, -0.05) is 42.1 Å². The molecule has 2 aromatic heterocycles. The summed E-state index contributed by atoms with van der Waals surface area (Å²) in [5, 5.41) is 13.5. The highest BCUT2D eigenvalue weighted by Gasteiger charge is 2.17. The highest BCUT2D eigenvalue weighted by atomic mass is 32.2. The predicted molar refractivity (Wildman–Crippen MR) is 133 cm³/mol. The van der Waals surface area contributed by atoms with Gasteiger partial charge >= 0.3 is 0 Å². The second-order valence-electron chi connectivity index (χ2n) is 7.20. The maximum absolute atomic E-state index is 12.5. The number of pyridine rings is 1. The van der Waals surface area contributed by atoms with E-state index in [1.165, 1.54) is 11.8 Å². The highest BCUT2D eigenvalue weighted by Crippen LogP contribution is 2.28. The fourth-order valence-electron chi connectivity index (χ4n) is 3.19. The smallest absolute Gasteiger partial charge is 0.250 e. The third kappa shape index (κ3) is 5.68. The molecule has 9 heteroatoms. The van der Waals surface area contributed by atoms with Crippen LogP contribution in [0.25, 0.3) is 17.1 Å². The van der Waals surface area contributed by atoms with Gasteiger partial charge in [0.2, 0.25) is 0 Å². The monoisotopic (exact) mass is 472 g/mol. The van der Waals surface area contributed by atoms with Crippen LogP contribution in [-0.2, 0) is 4.79 Å². The van der Waals surface area contributed by atoms with Crippen molar-refractivity contribution in [2.24, 2.45) is 5.10 Å². The highest BCUT2D eigenvalue weighted by molar-refractivity contribution is 7.99. The summed E-state index contributed by atoms with van der Waals surface area (Å²) < 4.78 is 7.47.